The Morgan fingerprint density at radius 1 is 1.47 bits per heavy atom. The Labute approximate surface area is 100 Å². The van der Waals surface area contributed by atoms with E-state index in [1.807, 2.05) is 18.2 Å². The first-order valence-electron chi connectivity index (χ1n) is 4.26. The molecule has 0 saturated heterocycles. The Balaban J connectivity index is 2.45. The first-order valence-corrected chi connectivity index (χ1v) is 5.87. The van der Waals surface area contributed by atoms with Gasteiger partial charge in [0, 0.05) is 5.56 Å². The van der Waals surface area contributed by atoms with Crippen molar-refractivity contribution in [2.75, 3.05) is 12.8 Å². The van der Waals surface area contributed by atoms with Crippen LogP contribution in [0.5, 0.6) is 5.75 Å². The lowest BCUT2D eigenvalue weighted by molar-refractivity contribution is 0.417. The average Bonchev–Trinajstić information content (AvgIpc) is 2.66. The summed E-state index contributed by atoms with van der Waals surface area (Å²) < 4.78 is 6.16. The number of halogens is 1. The maximum atomic E-state index is 5.73. The van der Waals surface area contributed by atoms with Crippen LogP contribution in [-0.2, 0) is 0 Å². The van der Waals surface area contributed by atoms with Crippen LogP contribution in [-0.4, -0.2) is 12.1 Å². The number of hydrogen-bond donors (Lipinski definition) is 1. The van der Waals surface area contributed by atoms with Crippen LogP contribution in [0.1, 0.15) is 0 Å². The highest BCUT2D eigenvalue weighted by Crippen LogP contribution is 2.32. The van der Waals surface area contributed by atoms with Crippen molar-refractivity contribution in [1.29, 1.82) is 0 Å². The van der Waals surface area contributed by atoms with E-state index in [1.54, 1.807) is 24.6 Å². The van der Waals surface area contributed by atoms with Gasteiger partial charge in [0.05, 0.1) is 22.8 Å². The Kier molecular flexibility index (Phi) is 2.93. The van der Waals surface area contributed by atoms with Gasteiger partial charge in [-0.1, -0.05) is 0 Å². The Morgan fingerprint density at radius 3 is 2.87 bits per heavy atom. The molecule has 0 radical (unpaired) electrons. The molecule has 0 fully saturated rings. The molecule has 0 amide bonds. The van der Waals surface area contributed by atoms with Crippen LogP contribution >= 0.6 is 27.3 Å². The molecule has 15 heavy (non-hydrogen) atoms. The van der Waals surface area contributed by atoms with Crippen LogP contribution in [0.3, 0.4) is 0 Å². The smallest absolute Gasteiger partial charge is 0.142 e. The van der Waals surface area contributed by atoms with Crippen molar-refractivity contribution >= 4 is 33.0 Å². The molecule has 3 nitrogen and oxygen atoms in total. The average molecular weight is 285 g/mol. The van der Waals surface area contributed by atoms with E-state index >= 15 is 0 Å². The number of thiazole rings is 1. The monoisotopic (exact) mass is 284 g/mol. The number of anilines is 1. The van der Waals surface area contributed by atoms with Crippen molar-refractivity contribution < 1.29 is 4.74 Å². The summed E-state index contributed by atoms with van der Waals surface area (Å²) in [5, 5.41) is 0.945. The minimum absolute atomic E-state index is 0.636. The molecule has 2 N–H and O–H groups in total. The molecular formula is C10H9BrN2OS. The Morgan fingerprint density at radius 2 is 2.27 bits per heavy atom. The lowest BCUT2D eigenvalue weighted by Gasteiger charge is -2.05. The SMILES string of the molecule is COc1cc(-c2ncc(Br)s2)ccc1N. The van der Waals surface area contributed by atoms with Crippen LogP contribution in [0.15, 0.2) is 28.2 Å². The number of methoxy groups -OCH3 is 1. The van der Waals surface area contributed by atoms with Gasteiger partial charge in [-0.25, -0.2) is 4.98 Å². The third-order valence-corrected chi connectivity index (χ3v) is 3.48. The molecule has 0 aliphatic rings. The second kappa shape index (κ2) is 4.20. The lowest BCUT2D eigenvalue weighted by Crippen LogP contribution is -1.92. The van der Waals surface area contributed by atoms with Gasteiger partial charge in [-0.05, 0) is 34.1 Å². The van der Waals surface area contributed by atoms with E-state index in [2.05, 4.69) is 20.9 Å². The Bertz CT molecular complexity index is 484. The zero-order valence-electron chi connectivity index (χ0n) is 8.03. The van der Waals surface area contributed by atoms with Crippen molar-refractivity contribution in [2.45, 2.75) is 0 Å². The third-order valence-electron chi connectivity index (χ3n) is 1.96. The van der Waals surface area contributed by atoms with Crippen LogP contribution in [0.25, 0.3) is 10.6 Å². The van der Waals surface area contributed by atoms with Crippen molar-refractivity contribution in [3.8, 4) is 16.3 Å². The Hall–Kier alpha value is -1.07. The number of rotatable bonds is 2. The molecule has 0 bridgehead atoms. The minimum Gasteiger partial charge on any atom is -0.495 e. The molecule has 0 atom stereocenters. The van der Waals surface area contributed by atoms with Crippen LogP contribution < -0.4 is 10.5 Å². The summed E-state index contributed by atoms with van der Waals surface area (Å²) >= 11 is 4.95. The fraction of sp³-hybridized carbons (Fsp3) is 0.100. The quantitative estimate of drug-likeness (QED) is 0.862. The second-order valence-electron chi connectivity index (χ2n) is 2.93. The summed E-state index contributed by atoms with van der Waals surface area (Å²) in [6.45, 7) is 0. The van der Waals surface area contributed by atoms with E-state index in [0.717, 1.165) is 14.4 Å². The number of aromatic nitrogens is 1. The zero-order chi connectivity index (χ0) is 10.8. The van der Waals surface area contributed by atoms with Crippen LogP contribution in [0.2, 0.25) is 0 Å². The molecule has 1 aromatic carbocycles. The number of nitrogen functional groups attached to an aromatic ring is 1. The minimum atomic E-state index is 0.636. The van der Waals surface area contributed by atoms with Crippen molar-refractivity contribution in [3.05, 3.63) is 28.2 Å². The van der Waals surface area contributed by atoms with E-state index < -0.39 is 0 Å². The predicted octanol–water partition coefficient (Wildman–Crippen LogP) is 3.16. The van der Waals surface area contributed by atoms with Gasteiger partial charge in [-0.3, -0.25) is 0 Å². The van der Waals surface area contributed by atoms with Crippen LogP contribution in [0.4, 0.5) is 5.69 Å². The van der Waals surface area contributed by atoms with Crippen molar-refractivity contribution in [3.63, 3.8) is 0 Å². The van der Waals surface area contributed by atoms with Gasteiger partial charge in [-0.15, -0.1) is 11.3 Å². The second-order valence-corrected chi connectivity index (χ2v) is 5.34. The van der Waals surface area contributed by atoms with E-state index in [0.29, 0.717) is 11.4 Å². The van der Waals surface area contributed by atoms with E-state index in [4.69, 9.17) is 10.5 Å². The molecule has 1 aromatic heterocycles. The highest BCUT2D eigenvalue weighted by Gasteiger charge is 2.06. The summed E-state index contributed by atoms with van der Waals surface area (Å²) in [6.07, 6.45) is 1.78. The van der Waals surface area contributed by atoms with Gasteiger partial charge in [0.25, 0.3) is 0 Å². The summed E-state index contributed by atoms with van der Waals surface area (Å²) in [6, 6.07) is 5.65. The predicted molar refractivity (Wildman–Crippen MR) is 66.2 cm³/mol. The molecule has 2 aromatic rings. The zero-order valence-corrected chi connectivity index (χ0v) is 10.4. The molecule has 0 spiro atoms. The van der Waals surface area contributed by atoms with Gasteiger partial charge in [-0.2, -0.15) is 0 Å². The van der Waals surface area contributed by atoms with Crippen molar-refractivity contribution in [2.24, 2.45) is 0 Å². The van der Waals surface area contributed by atoms with Gasteiger partial charge < -0.3 is 10.5 Å². The van der Waals surface area contributed by atoms with Gasteiger partial charge in [0.2, 0.25) is 0 Å². The van der Waals surface area contributed by atoms with Crippen molar-refractivity contribution in [1.82, 2.24) is 4.98 Å². The number of hydrogen-bond acceptors (Lipinski definition) is 4. The molecule has 78 valence electrons. The van der Waals surface area contributed by atoms with Gasteiger partial charge in [0.1, 0.15) is 10.8 Å². The number of nitrogens with zero attached hydrogens (tertiary/aromatic N) is 1. The number of benzene rings is 1. The van der Waals surface area contributed by atoms with Gasteiger partial charge >= 0.3 is 0 Å². The van der Waals surface area contributed by atoms with Gasteiger partial charge in [0.15, 0.2) is 0 Å². The normalized spacial score (nSPS) is 10.3. The first-order chi connectivity index (χ1) is 7.20. The van der Waals surface area contributed by atoms with E-state index in [1.165, 1.54) is 0 Å². The van der Waals surface area contributed by atoms with Crippen LogP contribution in [0, 0.1) is 0 Å². The molecule has 0 unspecified atom stereocenters. The number of nitrogens with two attached hydrogens (primary N) is 1. The molecule has 0 aliphatic carbocycles. The largest absolute Gasteiger partial charge is 0.495 e. The molecule has 5 heteroatoms. The maximum Gasteiger partial charge on any atom is 0.142 e. The number of ether oxygens (including phenoxy) is 1. The fourth-order valence-electron chi connectivity index (χ4n) is 1.23. The summed E-state index contributed by atoms with van der Waals surface area (Å²) in [5.41, 5.74) is 7.38. The standard InChI is InChI=1S/C10H9BrN2OS/c1-14-8-4-6(2-3-7(8)12)10-13-5-9(11)15-10/h2-5H,12H2,1H3. The lowest BCUT2D eigenvalue weighted by atomic mass is 10.2. The first kappa shape index (κ1) is 10.4. The molecule has 1 heterocycles. The highest BCUT2D eigenvalue weighted by molar-refractivity contribution is 9.11. The summed E-state index contributed by atoms with van der Waals surface area (Å²) in [4.78, 5) is 4.27. The highest BCUT2D eigenvalue weighted by atomic mass is 79.9. The maximum absolute atomic E-state index is 5.73. The molecular weight excluding hydrogens is 276 g/mol. The fourth-order valence-corrected chi connectivity index (χ4v) is 2.43. The molecule has 2 rings (SSSR count). The topological polar surface area (TPSA) is 48.1 Å². The summed E-state index contributed by atoms with van der Waals surface area (Å²) in [7, 11) is 1.60. The summed E-state index contributed by atoms with van der Waals surface area (Å²) in [5.74, 6) is 0.679. The molecule has 0 aliphatic heterocycles. The van der Waals surface area contributed by atoms with E-state index in [-0.39, 0.29) is 0 Å². The third kappa shape index (κ3) is 2.13. The molecule has 0 saturated carbocycles. The van der Waals surface area contributed by atoms with E-state index in [9.17, 15) is 0 Å².